The van der Waals surface area contributed by atoms with Crippen molar-refractivity contribution >= 4 is 10.1 Å². The Bertz CT molecular complexity index is 299. The summed E-state index contributed by atoms with van der Waals surface area (Å²) in [4.78, 5) is 0. The summed E-state index contributed by atoms with van der Waals surface area (Å²) in [7, 11) is -3.28. The second-order valence-corrected chi connectivity index (χ2v) is 7.52. The molecule has 0 heterocycles. The summed E-state index contributed by atoms with van der Waals surface area (Å²) < 4.78 is 26.8. The van der Waals surface area contributed by atoms with E-state index in [1.165, 1.54) is 57.8 Å². The summed E-state index contributed by atoms with van der Waals surface area (Å²) in [5, 5.41) is 0. The van der Waals surface area contributed by atoms with Crippen LogP contribution >= 0.6 is 0 Å². The van der Waals surface area contributed by atoms with Crippen molar-refractivity contribution in [3.8, 4) is 0 Å². The molecule has 0 aliphatic heterocycles. The summed E-state index contributed by atoms with van der Waals surface area (Å²) in [6.07, 6.45) is 15.2. The molecular weight excluding hydrogens is 272 g/mol. The molecule has 0 aromatic rings. The van der Waals surface area contributed by atoms with Gasteiger partial charge in [-0.05, 0) is 12.3 Å². The number of hydrogen-bond acceptors (Lipinski definition) is 3. The zero-order valence-corrected chi connectivity index (χ0v) is 14.5. The highest BCUT2D eigenvalue weighted by molar-refractivity contribution is 7.85. The highest BCUT2D eigenvalue weighted by Gasteiger charge is 2.10. The fraction of sp³-hybridized carbons (Fsp3) is 1.00. The van der Waals surface area contributed by atoms with E-state index in [1.54, 1.807) is 0 Å². The van der Waals surface area contributed by atoms with Crippen LogP contribution in [0.25, 0.3) is 0 Å². The van der Waals surface area contributed by atoms with E-state index in [0.717, 1.165) is 19.1 Å². The normalized spacial score (nSPS) is 13.6. The van der Waals surface area contributed by atoms with Crippen molar-refractivity contribution in [3.05, 3.63) is 0 Å². The van der Waals surface area contributed by atoms with Crippen molar-refractivity contribution in [3.63, 3.8) is 0 Å². The first-order valence-electron chi connectivity index (χ1n) is 8.34. The third-order valence-corrected chi connectivity index (χ3v) is 4.38. The van der Waals surface area contributed by atoms with Gasteiger partial charge in [-0.15, -0.1) is 0 Å². The lowest BCUT2D eigenvalue weighted by atomic mass is 9.98. The summed E-state index contributed by atoms with van der Waals surface area (Å²) >= 11 is 0. The minimum Gasteiger partial charge on any atom is -0.270 e. The van der Waals surface area contributed by atoms with Crippen molar-refractivity contribution < 1.29 is 12.6 Å². The molecule has 0 rings (SSSR count). The van der Waals surface area contributed by atoms with Gasteiger partial charge in [0.05, 0.1) is 12.9 Å². The Morgan fingerprint density at radius 2 is 1.35 bits per heavy atom. The minimum absolute atomic E-state index is 0.354. The van der Waals surface area contributed by atoms with Crippen molar-refractivity contribution in [2.75, 3.05) is 12.9 Å². The Labute approximate surface area is 126 Å². The van der Waals surface area contributed by atoms with E-state index in [-0.39, 0.29) is 0 Å². The van der Waals surface area contributed by atoms with Crippen LogP contribution in [0.1, 0.15) is 84.5 Å². The molecule has 4 heteroatoms. The van der Waals surface area contributed by atoms with E-state index in [1.807, 2.05) is 0 Å². The smallest absolute Gasteiger partial charge is 0.264 e. The first-order valence-corrected chi connectivity index (χ1v) is 10.2. The molecule has 0 aliphatic rings. The van der Waals surface area contributed by atoms with Crippen molar-refractivity contribution in [1.82, 2.24) is 0 Å². The topological polar surface area (TPSA) is 43.4 Å². The molecule has 0 N–H and O–H groups in total. The van der Waals surface area contributed by atoms with Gasteiger partial charge < -0.3 is 0 Å². The molecule has 0 spiro atoms. The molecule has 0 bridgehead atoms. The predicted molar refractivity (Wildman–Crippen MR) is 86.4 cm³/mol. The first-order chi connectivity index (χ1) is 9.49. The highest BCUT2D eigenvalue weighted by Crippen LogP contribution is 2.16. The van der Waals surface area contributed by atoms with Gasteiger partial charge >= 0.3 is 0 Å². The standard InChI is InChI=1S/C16H34O3S/c1-4-6-7-8-9-10-11-12-13-14-16(5-2)15-19-20(3,17)18/h16H,4-15H2,1-3H3. The van der Waals surface area contributed by atoms with E-state index >= 15 is 0 Å². The minimum atomic E-state index is -3.28. The van der Waals surface area contributed by atoms with E-state index in [9.17, 15) is 8.42 Å². The van der Waals surface area contributed by atoms with Gasteiger partial charge in [0.1, 0.15) is 0 Å². The van der Waals surface area contributed by atoms with Crippen LogP contribution in [0, 0.1) is 5.92 Å². The van der Waals surface area contributed by atoms with Gasteiger partial charge in [-0.2, -0.15) is 8.42 Å². The molecule has 0 radical (unpaired) electrons. The summed E-state index contributed by atoms with van der Waals surface area (Å²) in [5.41, 5.74) is 0. The Balaban J connectivity index is 3.42. The number of unbranched alkanes of at least 4 members (excludes halogenated alkanes) is 8. The largest absolute Gasteiger partial charge is 0.270 e. The molecule has 1 atom stereocenters. The van der Waals surface area contributed by atoms with Gasteiger partial charge in [-0.3, -0.25) is 4.18 Å². The monoisotopic (exact) mass is 306 g/mol. The summed E-state index contributed by atoms with van der Waals surface area (Å²) in [5.74, 6) is 0.384. The van der Waals surface area contributed by atoms with E-state index in [0.29, 0.717) is 12.5 Å². The van der Waals surface area contributed by atoms with Crippen LogP contribution in [0.3, 0.4) is 0 Å². The molecule has 122 valence electrons. The summed E-state index contributed by atoms with van der Waals surface area (Å²) in [6.45, 7) is 4.70. The van der Waals surface area contributed by atoms with Crippen LogP contribution in [0.15, 0.2) is 0 Å². The van der Waals surface area contributed by atoms with Gasteiger partial charge in [0, 0.05) is 0 Å². The molecule has 0 aromatic heterocycles. The quantitative estimate of drug-likeness (QED) is 0.338. The van der Waals surface area contributed by atoms with Crippen molar-refractivity contribution in [2.24, 2.45) is 5.92 Å². The van der Waals surface area contributed by atoms with Gasteiger partial charge in [0.2, 0.25) is 0 Å². The Morgan fingerprint density at radius 1 is 0.850 bits per heavy atom. The SMILES string of the molecule is CCCCCCCCCCCC(CC)COS(C)(=O)=O. The van der Waals surface area contributed by atoms with Gasteiger partial charge in [0.25, 0.3) is 10.1 Å². The molecule has 0 aliphatic carbocycles. The maximum absolute atomic E-state index is 11.0. The Morgan fingerprint density at radius 3 is 1.80 bits per heavy atom. The maximum atomic E-state index is 11.0. The fourth-order valence-corrected chi connectivity index (χ4v) is 2.81. The Kier molecular flexibility index (Phi) is 12.6. The average molecular weight is 307 g/mol. The average Bonchev–Trinajstić information content (AvgIpc) is 2.39. The highest BCUT2D eigenvalue weighted by atomic mass is 32.2. The van der Waals surface area contributed by atoms with Crippen LogP contribution in [-0.2, 0) is 14.3 Å². The lowest BCUT2D eigenvalue weighted by Crippen LogP contribution is -2.13. The van der Waals surface area contributed by atoms with Gasteiger partial charge in [0.15, 0.2) is 0 Å². The zero-order valence-electron chi connectivity index (χ0n) is 13.7. The van der Waals surface area contributed by atoms with Crippen molar-refractivity contribution in [1.29, 1.82) is 0 Å². The van der Waals surface area contributed by atoms with E-state index < -0.39 is 10.1 Å². The third kappa shape index (κ3) is 14.3. The molecule has 0 aromatic carbocycles. The fourth-order valence-electron chi connectivity index (χ4n) is 2.37. The second-order valence-electron chi connectivity index (χ2n) is 5.88. The molecule has 0 amide bonds. The second kappa shape index (κ2) is 12.6. The molecule has 0 saturated carbocycles. The lowest BCUT2D eigenvalue weighted by molar-refractivity contribution is 0.239. The van der Waals surface area contributed by atoms with E-state index in [2.05, 4.69) is 13.8 Å². The van der Waals surface area contributed by atoms with Crippen molar-refractivity contribution in [2.45, 2.75) is 84.5 Å². The van der Waals surface area contributed by atoms with Crippen LogP contribution in [0.4, 0.5) is 0 Å². The van der Waals surface area contributed by atoms with Gasteiger partial charge in [-0.25, -0.2) is 0 Å². The predicted octanol–water partition coefficient (Wildman–Crippen LogP) is 4.91. The lowest BCUT2D eigenvalue weighted by Gasteiger charge is -2.13. The molecule has 0 fully saturated rings. The summed E-state index contributed by atoms with van der Waals surface area (Å²) in [6, 6.07) is 0. The first kappa shape index (κ1) is 19.9. The van der Waals surface area contributed by atoms with Gasteiger partial charge in [-0.1, -0.05) is 78.1 Å². The number of rotatable bonds is 14. The van der Waals surface area contributed by atoms with Crippen LogP contribution < -0.4 is 0 Å². The Hall–Kier alpha value is -0.0900. The number of hydrogen-bond donors (Lipinski definition) is 0. The molecule has 3 nitrogen and oxygen atoms in total. The molecule has 1 unspecified atom stereocenters. The third-order valence-electron chi connectivity index (χ3n) is 3.81. The maximum Gasteiger partial charge on any atom is 0.264 e. The van der Waals surface area contributed by atoms with Crippen LogP contribution in [0.2, 0.25) is 0 Å². The zero-order chi connectivity index (χ0) is 15.3. The molecular formula is C16H34O3S. The van der Waals surface area contributed by atoms with Crippen LogP contribution in [0.5, 0.6) is 0 Å². The molecule has 20 heavy (non-hydrogen) atoms. The van der Waals surface area contributed by atoms with Crippen LogP contribution in [-0.4, -0.2) is 21.3 Å². The van der Waals surface area contributed by atoms with E-state index in [4.69, 9.17) is 4.18 Å². The molecule has 0 saturated heterocycles.